The van der Waals surface area contributed by atoms with Crippen LogP contribution >= 0.6 is 0 Å². The molecular weight excluding hydrogens is 168 g/mol. The van der Waals surface area contributed by atoms with Crippen LogP contribution in [-0.2, 0) is 11.3 Å². The summed E-state index contributed by atoms with van der Waals surface area (Å²) in [5.41, 5.74) is 0. The summed E-state index contributed by atoms with van der Waals surface area (Å²) in [7, 11) is 0. The van der Waals surface area contributed by atoms with Crippen molar-refractivity contribution < 1.29 is 4.74 Å². The molecule has 0 spiro atoms. The molecule has 5 heteroatoms. The van der Waals surface area contributed by atoms with Gasteiger partial charge in [0.25, 0.3) is 0 Å². The smallest absolute Gasteiger partial charge is 0.138 e. The first-order valence-corrected chi connectivity index (χ1v) is 4.58. The Morgan fingerprint density at radius 1 is 1.69 bits per heavy atom. The molecule has 1 aromatic rings. The number of nitrogens with one attached hydrogen (secondary N) is 2. The van der Waals surface area contributed by atoms with Crippen LogP contribution < -0.4 is 5.32 Å². The normalized spacial score (nSPS) is 22.3. The highest BCUT2D eigenvalue weighted by molar-refractivity contribution is 4.79. The van der Waals surface area contributed by atoms with Crippen molar-refractivity contribution >= 4 is 0 Å². The fourth-order valence-corrected chi connectivity index (χ4v) is 1.45. The van der Waals surface area contributed by atoms with Crippen molar-refractivity contribution in [1.29, 1.82) is 0 Å². The molecule has 1 fully saturated rings. The summed E-state index contributed by atoms with van der Waals surface area (Å²) in [6, 6.07) is 0. The maximum Gasteiger partial charge on any atom is 0.138 e. The van der Waals surface area contributed by atoms with Gasteiger partial charge in [0.2, 0.25) is 0 Å². The minimum atomic E-state index is 0.669. The van der Waals surface area contributed by atoms with Crippen molar-refractivity contribution in [3.63, 3.8) is 0 Å². The molecule has 0 radical (unpaired) electrons. The fraction of sp³-hybridized carbons (Fsp3) is 0.750. The van der Waals surface area contributed by atoms with Crippen molar-refractivity contribution in [3.05, 3.63) is 12.2 Å². The number of aromatic amines is 1. The lowest BCUT2D eigenvalue weighted by Gasteiger charge is -2.07. The molecule has 1 atom stereocenters. The van der Waals surface area contributed by atoms with Gasteiger partial charge in [0.15, 0.2) is 0 Å². The molecule has 1 aromatic heterocycles. The Labute approximate surface area is 76.9 Å². The van der Waals surface area contributed by atoms with E-state index in [1.165, 1.54) is 12.7 Å². The summed E-state index contributed by atoms with van der Waals surface area (Å²) >= 11 is 0. The van der Waals surface area contributed by atoms with Gasteiger partial charge in [0.05, 0.1) is 13.2 Å². The number of H-pyrrole nitrogens is 1. The second-order valence-corrected chi connectivity index (χ2v) is 3.29. The average molecular weight is 182 g/mol. The second kappa shape index (κ2) is 4.34. The van der Waals surface area contributed by atoms with Crippen LogP contribution in [0.2, 0.25) is 0 Å². The van der Waals surface area contributed by atoms with Gasteiger partial charge in [-0.3, -0.25) is 5.10 Å². The van der Waals surface area contributed by atoms with Crippen molar-refractivity contribution in [2.24, 2.45) is 5.92 Å². The first-order chi connectivity index (χ1) is 6.45. The fourth-order valence-electron chi connectivity index (χ4n) is 1.45. The van der Waals surface area contributed by atoms with Gasteiger partial charge in [0, 0.05) is 13.2 Å². The molecule has 1 unspecified atom stereocenters. The number of nitrogens with zero attached hydrogens (tertiary/aromatic N) is 2. The largest absolute Gasteiger partial charge is 0.381 e. The standard InChI is InChI=1S/C8H14N4O/c1-2-13-5-7(1)3-9-4-8-10-6-11-12-8/h6-7,9H,1-5H2,(H,10,11,12). The number of ether oxygens (including phenoxy) is 1. The lowest BCUT2D eigenvalue weighted by atomic mass is 10.1. The third-order valence-electron chi connectivity index (χ3n) is 2.21. The Morgan fingerprint density at radius 2 is 2.69 bits per heavy atom. The Balaban J connectivity index is 1.63. The summed E-state index contributed by atoms with van der Waals surface area (Å²) in [6.45, 7) is 3.56. The predicted octanol–water partition coefficient (Wildman–Crippen LogP) is -0.0692. The predicted molar refractivity (Wildman–Crippen MR) is 47.0 cm³/mol. The number of hydrogen-bond acceptors (Lipinski definition) is 4. The summed E-state index contributed by atoms with van der Waals surface area (Å²) in [5.74, 6) is 1.56. The zero-order valence-electron chi connectivity index (χ0n) is 7.49. The zero-order valence-corrected chi connectivity index (χ0v) is 7.49. The molecule has 2 heterocycles. The highest BCUT2D eigenvalue weighted by Crippen LogP contribution is 2.10. The van der Waals surface area contributed by atoms with Crippen LogP contribution in [0.15, 0.2) is 6.33 Å². The van der Waals surface area contributed by atoms with Crippen LogP contribution in [0.1, 0.15) is 12.2 Å². The van der Waals surface area contributed by atoms with Crippen molar-refractivity contribution in [2.75, 3.05) is 19.8 Å². The number of aromatic nitrogens is 3. The molecule has 72 valence electrons. The molecule has 0 bridgehead atoms. The average Bonchev–Trinajstić information content (AvgIpc) is 2.75. The van der Waals surface area contributed by atoms with Crippen LogP contribution in [0.3, 0.4) is 0 Å². The molecule has 1 aliphatic heterocycles. The van der Waals surface area contributed by atoms with E-state index < -0.39 is 0 Å². The van der Waals surface area contributed by atoms with Crippen LogP contribution in [0.25, 0.3) is 0 Å². The van der Waals surface area contributed by atoms with E-state index in [2.05, 4.69) is 20.5 Å². The lowest BCUT2D eigenvalue weighted by molar-refractivity contribution is 0.185. The molecule has 0 aromatic carbocycles. The topological polar surface area (TPSA) is 62.8 Å². The Hall–Kier alpha value is -0.940. The molecular formula is C8H14N4O. The Morgan fingerprint density at radius 3 is 3.38 bits per heavy atom. The van der Waals surface area contributed by atoms with E-state index in [9.17, 15) is 0 Å². The monoisotopic (exact) mass is 182 g/mol. The maximum absolute atomic E-state index is 5.27. The third kappa shape index (κ3) is 2.50. The summed E-state index contributed by atoms with van der Waals surface area (Å²) < 4.78 is 5.27. The summed E-state index contributed by atoms with van der Waals surface area (Å²) in [5, 5.41) is 9.90. The van der Waals surface area contributed by atoms with Crippen LogP contribution in [0, 0.1) is 5.92 Å². The van der Waals surface area contributed by atoms with Gasteiger partial charge in [-0.15, -0.1) is 0 Å². The first-order valence-electron chi connectivity index (χ1n) is 4.58. The van der Waals surface area contributed by atoms with Gasteiger partial charge in [-0.1, -0.05) is 0 Å². The van der Waals surface area contributed by atoms with Crippen molar-refractivity contribution in [3.8, 4) is 0 Å². The number of hydrogen-bond donors (Lipinski definition) is 2. The minimum absolute atomic E-state index is 0.669. The van der Waals surface area contributed by atoms with Gasteiger partial charge >= 0.3 is 0 Å². The van der Waals surface area contributed by atoms with Gasteiger partial charge in [-0.25, -0.2) is 4.98 Å². The Bertz CT molecular complexity index is 230. The highest BCUT2D eigenvalue weighted by atomic mass is 16.5. The van der Waals surface area contributed by atoms with Gasteiger partial charge in [-0.05, 0) is 12.3 Å². The molecule has 13 heavy (non-hydrogen) atoms. The molecule has 0 saturated carbocycles. The zero-order chi connectivity index (χ0) is 8.93. The lowest BCUT2D eigenvalue weighted by Crippen LogP contribution is -2.23. The van der Waals surface area contributed by atoms with Gasteiger partial charge in [0.1, 0.15) is 12.2 Å². The number of rotatable bonds is 4. The van der Waals surface area contributed by atoms with Gasteiger partial charge < -0.3 is 10.1 Å². The quantitative estimate of drug-likeness (QED) is 0.684. The first kappa shape index (κ1) is 8.65. The van der Waals surface area contributed by atoms with Crippen molar-refractivity contribution in [1.82, 2.24) is 20.5 Å². The molecule has 0 amide bonds. The van der Waals surface area contributed by atoms with E-state index in [-0.39, 0.29) is 0 Å². The summed E-state index contributed by atoms with van der Waals surface area (Å²) in [6.07, 6.45) is 2.69. The molecule has 5 nitrogen and oxygen atoms in total. The molecule has 0 aliphatic carbocycles. The molecule has 1 saturated heterocycles. The van der Waals surface area contributed by atoms with E-state index >= 15 is 0 Å². The second-order valence-electron chi connectivity index (χ2n) is 3.29. The molecule has 2 N–H and O–H groups in total. The maximum atomic E-state index is 5.27. The van der Waals surface area contributed by atoms with E-state index in [0.29, 0.717) is 5.92 Å². The van der Waals surface area contributed by atoms with E-state index in [0.717, 1.165) is 32.1 Å². The van der Waals surface area contributed by atoms with Gasteiger partial charge in [-0.2, -0.15) is 5.10 Å². The van der Waals surface area contributed by atoms with Crippen LogP contribution in [0.5, 0.6) is 0 Å². The van der Waals surface area contributed by atoms with Crippen LogP contribution in [-0.4, -0.2) is 34.9 Å². The summed E-state index contributed by atoms with van der Waals surface area (Å²) in [4.78, 5) is 4.02. The van der Waals surface area contributed by atoms with Crippen molar-refractivity contribution in [2.45, 2.75) is 13.0 Å². The van der Waals surface area contributed by atoms with E-state index in [1.54, 1.807) is 0 Å². The Kier molecular flexibility index (Phi) is 2.89. The van der Waals surface area contributed by atoms with E-state index in [4.69, 9.17) is 4.74 Å². The van der Waals surface area contributed by atoms with Crippen LogP contribution in [0.4, 0.5) is 0 Å². The molecule has 2 rings (SSSR count). The highest BCUT2D eigenvalue weighted by Gasteiger charge is 2.14. The third-order valence-corrected chi connectivity index (χ3v) is 2.21. The van der Waals surface area contributed by atoms with E-state index in [1.807, 2.05) is 0 Å². The molecule has 1 aliphatic rings. The minimum Gasteiger partial charge on any atom is -0.381 e. The SMILES string of the molecule is c1n[nH]c(CNCC2CCOC2)n1.